The van der Waals surface area contributed by atoms with E-state index in [4.69, 9.17) is 4.74 Å². The molecule has 6 atom stereocenters. The summed E-state index contributed by atoms with van der Waals surface area (Å²) in [7, 11) is 0. The third-order valence-corrected chi connectivity index (χ3v) is 8.53. The number of allylic oxidation sites excluding steroid dienone is 1. The molecule has 0 radical (unpaired) electrons. The van der Waals surface area contributed by atoms with Crippen LogP contribution in [0.4, 0.5) is 0 Å². The Labute approximate surface area is 170 Å². The molecule has 0 spiro atoms. The van der Waals surface area contributed by atoms with Gasteiger partial charge in [0.2, 0.25) is 0 Å². The van der Waals surface area contributed by atoms with E-state index in [1.807, 2.05) is 12.1 Å². The molecule has 3 saturated carbocycles. The van der Waals surface area contributed by atoms with Gasteiger partial charge in [-0.2, -0.15) is 0 Å². The molecule has 144 valence electrons. The maximum Gasteiger partial charge on any atom is 0.339 e. The van der Waals surface area contributed by atoms with Crippen molar-refractivity contribution in [1.82, 2.24) is 0 Å². The Morgan fingerprint density at radius 2 is 1.72 bits per heavy atom. The first-order valence-corrected chi connectivity index (χ1v) is 11.1. The van der Waals surface area contributed by atoms with E-state index >= 15 is 0 Å². The third kappa shape index (κ3) is 2.00. The second kappa shape index (κ2) is 5.50. The number of carbonyl (C=O) groups excluding carboxylic acids is 1. The van der Waals surface area contributed by atoms with Crippen LogP contribution in [0, 0.1) is 29.6 Å². The first kappa shape index (κ1) is 16.2. The molecule has 6 unspecified atom stereocenters. The van der Waals surface area contributed by atoms with Crippen molar-refractivity contribution in [1.29, 1.82) is 0 Å². The van der Waals surface area contributed by atoms with Crippen LogP contribution < -0.4 is 0 Å². The largest absolute Gasteiger partial charge is 0.454 e. The minimum Gasteiger partial charge on any atom is -0.454 e. The molecule has 0 amide bonds. The van der Waals surface area contributed by atoms with Crippen molar-refractivity contribution >= 4 is 27.5 Å². The van der Waals surface area contributed by atoms with Gasteiger partial charge < -0.3 is 4.74 Å². The van der Waals surface area contributed by atoms with E-state index in [1.165, 1.54) is 36.5 Å². The molecule has 0 aliphatic heterocycles. The number of carbonyl (C=O) groups is 1. The van der Waals surface area contributed by atoms with E-state index in [0.717, 1.165) is 22.3 Å². The van der Waals surface area contributed by atoms with Crippen LogP contribution in [0.5, 0.6) is 0 Å². The minimum atomic E-state index is -0.238. The Bertz CT molecular complexity index is 1210. The van der Waals surface area contributed by atoms with E-state index in [1.54, 1.807) is 0 Å². The Kier molecular flexibility index (Phi) is 3.08. The van der Waals surface area contributed by atoms with Crippen LogP contribution in [-0.2, 0) is 4.74 Å². The number of ether oxygens (including phenoxy) is 1. The summed E-state index contributed by atoms with van der Waals surface area (Å²) in [4.78, 5) is 13.6. The average molecular weight is 380 g/mol. The Balaban J connectivity index is 1.33. The number of hydrogen-bond donors (Lipinski definition) is 0. The van der Waals surface area contributed by atoms with Gasteiger partial charge in [-0.05, 0) is 83.2 Å². The van der Waals surface area contributed by atoms with Gasteiger partial charge in [-0.25, -0.2) is 4.79 Å². The van der Waals surface area contributed by atoms with E-state index in [-0.39, 0.29) is 11.6 Å². The maximum absolute atomic E-state index is 13.6. The van der Waals surface area contributed by atoms with Crippen molar-refractivity contribution in [3.05, 3.63) is 72.3 Å². The highest BCUT2D eigenvalue weighted by molar-refractivity contribution is 6.09. The molecule has 29 heavy (non-hydrogen) atoms. The predicted octanol–water partition coefficient (Wildman–Crippen LogP) is 6.14. The number of benzene rings is 3. The zero-order valence-corrected chi connectivity index (χ0v) is 16.4. The first-order chi connectivity index (χ1) is 14.2. The van der Waals surface area contributed by atoms with Gasteiger partial charge in [0, 0.05) is 11.8 Å². The van der Waals surface area contributed by atoms with E-state index in [2.05, 4.69) is 54.6 Å². The van der Waals surface area contributed by atoms with Gasteiger partial charge >= 0.3 is 5.97 Å². The molecule has 2 heteroatoms. The number of esters is 1. The molecule has 0 heterocycles. The molecule has 0 saturated heterocycles. The summed E-state index contributed by atoms with van der Waals surface area (Å²) in [5, 5.41) is 4.48. The lowest BCUT2D eigenvalue weighted by Gasteiger charge is -2.44. The zero-order valence-electron chi connectivity index (χ0n) is 16.4. The van der Waals surface area contributed by atoms with Crippen LogP contribution >= 0.6 is 0 Å². The Morgan fingerprint density at radius 3 is 2.62 bits per heavy atom. The molecule has 0 aromatic heterocycles. The predicted molar refractivity (Wildman–Crippen MR) is 115 cm³/mol. The quantitative estimate of drug-likeness (QED) is 0.231. The summed E-state index contributed by atoms with van der Waals surface area (Å²) in [5.41, 5.74) is 0.481. The highest BCUT2D eigenvalue weighted by Gasteiger charge is 2.70. The Hall–Kier alpha value is -2.61. The summed E-state index contributed by atoms with van der Waals surface area (Å²) in [6, 6.07) is 18.7. The monoisotopic (exact) mass is 380 g/mol. The molecule has 3 aromatic rings. The summed E-state index contributed by atoms with van der Waals surface area (Å²) in [6.45, 7) is 0. The SMILES string of the molecule is O=C(OC12C3C=CC(C3)C1C1CCC2C1)c1cccc2cc3ccccc3cc12. The van der Waals surface area contributed by atoms with Crippen LogP contribution in [-0.4, -0.2) is 11.6 Å². The lowest BCUT2D eigenvalue weighted by molar-refractivity contribution is -0.0891. The average Bonchev–Trinajstić information content (AvgIpc) is 3.51. The summed E-state index contributed by atoms with van der Waals surface area (Å²) < 4.78 is 6.61. The van der Waals surface area contributed by atoms with Crippen molar-refractivity contribution in [2.75, 3.05) is 0 Å². The molecular formula is C27H24O2. The van der Waals surface area contributed by atoms with Gasteiger partial charge in [0.15, 0.2) is 0 Å². The van der Waals surface area contributed by atoms with E-state index in [0.29, 0.717) is 23.7 Å². The number of rotatable bonds is 2. The van der Waals surface area contributed by atoms with Gasteiger partial charge in [-0.3, -0.25) is 0 Å². The lowest BCUT2D eigenvalue weighted by Crippen LogP contribution is -2.50. The van der Waals surface area contributed by atoms with Gasteiger partial charge in [0.1, 0.15) is 5.60 Å². The van der Waals surface area contributed by atoms with Crippen LogP contribution in [0.1, 0.15) is 36.0 Å². The zero-order chi connectivity index (χ0) is 19.2. The van der Waals surface area contributed by atoms with Crippen molar-refractivity contribution < 1.29 is 9.53 Å². The summed E-state index contributed by atoms with van der Waals surface area (Å²) >= 11 is 0. The highest BCUT2D eigenvalue weighted by atomic mass is 16.6. The molecule has 0 N–H and O–H groups in total. The topological polar surface area (TPSA) is 26.3 Å². The van der Waals surface area contributed by atoms with E-state index in [9.17, 15) is 4.79 Å². The Morgan fingerprint density at radius 1 is 0.897 bits per heavy atom. The second-order valence-corrected chi connectivity index (χ2v) is 9.66. The highest BCUT2D eigenvalue weighted by Crippen LogP contribution is 2.69. The fourth-order valence-electron chi connectivity index (χ4n) is 7.54. The van der Waals surface area contributed by atoms with Gasteiger partial charge in [0.05, 0.1) is 5.56 Å². The van der Waals surface area contributed by atoms with Crippen LogP contribution in [0.15, 0.2) is 66.7 Å². The standard InChI is InChI=1S/C27H24O2/c28-26(23-7-3-6-18-12-16-4-1-2-5-17(16)15-24(18)23)29-27-21-10-8-19(13-21)25(27)20-9-11-22(27)14-20/h1-8,10,12,15,19-22,25H,9,11,13-14H2. The third-order valence-electron chi connectivity index (χ3n) is 8.53. The van der Waals surface area contributed by atoms with Crippen molar-refractivity contribution in [3.8, 4) is 0 Å². The smallest absolute Gasteiger partial charge is 0.339 e. The fraction of sp³-hybridized carbons (Fsp3) is 0.370. The molecule has 3 fully saturated rings. The van der Waals surface area contributed by atoms with Gasteiger partial charge in [0.25, 0.3) is 0 Å². The molecule has 4 aliphatic carbocycles. The molecular weight excluding hydrogens is 356 g/mol. The van der Waals surface area contributed by atoms with Crippen molar-refractivity contribution in [3.63, 3.8) is 0 Å². The van der Waals surface area contributed by atoms with Crippen LogP contribution in [0.3, 0.4) is 0 Å². The van der Waals surface area contributed by atoms with Crippen LogP contribution in [0.2, 0.25) is 0 Å². The van der Waals surface area contributed by atoms with Gasteiger partial charge in [-0.15, -0.1) is 0 Å². The summed E-state index contributed by atoms with van der Waals surface area (Å²) in [5.74, 6) is 2.79. The number of hydrogen-bond acceptors (Lipinski definition) is 2. The second-order valence-electron chi connectivity index (χ2n) is 9.66. The number of fused-ring (bicyclic) bond motifs is 11. The van der Waals surface area contributed by atoms with Crippen molar-refractivity contribution in [2.45, 2.75) is 31.3 Å². The van der Waals surface area contributed by atoms with Gasteiger partial charge in [-0.1, -0.05) is 48.6 Å². The van der Waals surface area contributed by atoms with E-state index < -0.39 is 0 Å². The molecule has 4 bridgehead atoms. The fourth-order valence-corrected chi connectivity index (χ4v) is 7.54. The van der Waals surface area contributed by atoms with Crippen LogP contribution in [0.25, 0.3) is 21.5 Å². The maximum atomic E-state index is 13.6. The normalized spacial score (nSPS) is 36.2. The first-order valence-electron chi connectivity index (χ1n) is 11.1. The molecule has 3 aromatic carbocycles. The molecule has 7 rings (SSSR count). The molecule has 2 nitrogen and oxygen atoms in total. The molecule has 4 aliphatic rings. The lowest BCUT2D eigenvalue weighted by atomic mass is 9.69. The van der Waals surface area contributed by atoms with Crippen molar-refractivity contribution in [2.24, 2.45) is 29.6 Å². The minimum absolute atomic E-state index is 0.121. The summed E-state index contributed by atoms with van der Waals surface area (Å²) in [6.07, 6.45) is 9.76.